The van der Waals surface area contributed by atoms with Crippen molar-refractivity contribution < 1.29 is 14.0 Å². The number of benzene rings is 2. The van der Waals surface area contributed by atoms with Gasteiger partial charge in [-0.3, -0.25) is 9.59 Å². The first-order valence-electron chi connectivity index (χ1n) is 7.56. The van der Waals surface area contributed by atoms with Crippen molar-refractivity contribution >= 4 is 33.3 Å². The van der Waals surface area contributed by atoms with Crippen LogP contribution in [0.15, 0.2) is 46.9 Å². The quantitative estimate of drug-likeness (QED) is 0.552. The van der Waals surface area contributed by atoms with Crippen molar-refractivity contribution in [2.24, 2.45) is 0 Å². The highest BCUT2D eigenvalue weighted by Gasteiger charge is 2.12. The second kappa shape index (κ2) is 8.59. The van der Waals surface area contributed by atoms with Crippen LogP contribution in [0.3, 0.4) is 0 Å². The van der Waals surface area contributed by atoms with Crippen molar-refractivity contribution in [3.63, 3.8) is 0 Å². The van der Waals surface area contributed by atoms with E-state index in [0.29, 0.717) is 30.8 Å². The maximum absolute atomic E-state index is 13.7. The van der Waals surface area contributed by atoms with E-state index < -0.39 is 5.82 Å². The number of hydrogen-bond acceptors (Lipinski definition) is 3. The number of Topliss-reactive ketones (excluding diaryl/α,β-unsaturated/α-hetero) is 1. The van der Waals surface area contributed by atoms with Crippen molar-refractivity contribution in [2.75, 3.05) is 18.4 Å². The van der Waals surface area contributed by atoms with Gasteiger partial charge >= 0.3 is 0 Å². The van der Waals surface area contributed by atoms with Crippen LogP contribution in [-0.2, 0) is 0 Å². The Morgan fingerprint density at radius 3 is 2.46 bits per heavy atom. The molecule has 6 heteroatoms. The molecule has 2 aromatic rings. The molecule has 2 N–H and O–H groups in total. The Labute approximate surface area is 148 Å². The molecule has 0 unspecified atom stereocenters. The molecule has 1 amide bonds. The van der Waals surface area contributed by atoms with Gasteiger partial charge in [-0.25, -0.2) is 4.39 Å². The minimum atomic E-state index is -0.531. The van der Waals surface area contributed by atoms with E-state index in [2.05, 4.69) is 26.6 Å². The molecule has 2 aromatic carbocycles. The molecule has 0 spiro atoms. The van der Waals surface area contributed by atoms with E-state index in [1.54, 1.807) is 24.3 Å². The molecule has 24 heavy (non-hydrogen) atoms. The smallest absolute Gasteiger partial charge is 0.251 e. The Kier molecular flexibility index (Phi) is 6.49. The van der Waals surface area contributed by atoms with Gasteiger partial charge in [-0.15, -0.1) is 0 Å². The summed E-state index contributed by atoms with van der Waals surface area (Å²) >= 11 is 3.32. The van der Waals surface area contributed by atoms with E-state index in [1.807, 2.05) is 12.1 Å². The van der Waals surface area contributed by atoms with Crippen LogP contribution in [0.1, 0.15) is 34.1 Å². The first-order chi connectivity index (χ1) is 11.5. The summed E-state index contributed by atoms with van der Waals surface area (Å²) in [6.45, 7) is 2.33. The second-order valence-electron chi connectivity index (χ2n) is 5.26. The predicted molar refractivity (Wildman–Crippen MR) is 96.0 cm³/mol. The van der Waals surface area contributed by atoms with Crippen molar-refractivity contribution in [2.45, 2.75) is 13.3 Å². The van der Waals surface area contributed by atoms with Crippen molar-refractivity contribution in [1.82, 2.24) is 5.32 Å². The van der Waals surface area contributed by atoms with Crippen LogP contribution in [0.25, 0.3) is 0 Å². The first-order valence-corrected chi connectivity index (χ1v) is 8.35. The van der Waals surface area contributed by atoms with Crippen LogP contribution in [0.5, 0.6) is 0 Å². The van der Waals surface area contributed by atoms with E-state index in [1.165, 1.54) is 13.0 Å². The van der Waals surface area contributed by atoms with Gasteiger partial charge in [0.1, 0.15) is 5.82 Å². The minimum absolute atomic E-state index is 0.0661. The standard InChI is InChI=1S/C18H18BrFN2O2/c1-12(23)17-15(20)4-2-5-16(17)21-10-3-11-22-18(24)13-6-8-14(19)9-7-13/h2,4-9,21H,3,10-11H2,1H3,(H,22,24). The molecule has 0 heterocycles. The van der Waals surface area contributed by atoms with Crippen LogP contribution in [0.2, 0.25) is 0 Å². The molecule has 0 aliphatic carbocycles. The highest BCUT2D eigenvalue weighted by Crippen LogP contribution is 2.19. The topological polar surface area (TPSA) is 58.2 Å². The molecule has 126 valence electrons. The van der Waals surface area contributed by atoms with Gasteiger partial charge in [-0.1, -0.05) is 22.0 Å². The lowest BCUT2D eigenvalue weighted by Gasteiger charge is -2.11. The summed E-state index contributed by atoms with van der Waals surface area (Å²) < 4.78 is 14.6. The number of carbonyl (C=O) groups excluding carboxylic acids is 2. The number of halogens is 2. The Hall–Kier alpha value is -2.21. The van der Waals surface area contributed by atoms with Crippen LogP contribution >= 0.6 is 15.9 Å². The van der Waals surface area contributed by atoms with Gasteiger partial charge in [0.15, 0.2) is 5.78 Å². The number of amides is 1. The average Bonchev–Trinajstić information content (AvgIpc) is 2.54. The molecule has 0 atom stereocenters. The number of rotatable bonds is 7. The van der Waals surface area contributed by atoms with Gasteiger partial charge in [0.2, 0.25) is 0 Å². The van der Waals surface area contributed by atoms with Crippen LogP contribution in [0, 0.1) is 5.82 Å². The lowest BCUT2D eigenvalue weighted by atomic mass is 10.1. The third-order valence-electron chi connectivity index (χ3n) is 3.43. The summed E-state index contributed by atoms with van der Waals surface area (Å²) in [5.41, 5.74) is 1.13. The van der Waals surface area contributed by atoms with Crippen LogP contribution in [0.4, 0.5) is 10.1 Å². The molecule has 0 saturated heterocycles. The summed E-state index contributed by atoms with van der Waals surface area (Å²) in [6, 6.07) is 11.6. The van der Waals surface area contributed by atoms with Gasteiger partial charge in [0.25, 0.3) is 5.91 Å². The lowest BCUT2D eigenvalue weighted by molar-refractivity contribution is 0.0952. The fourth-order valence-corrected chi connectivity index (χ4v) is 2.51. The summed E-state index contributed by atoms with van der Waals surface area (Å²) in [4.78, 5) is 23.4. The minimum Gasteiger partial charge on any atom is -0.384 e. The van der Waals surface area contributed by atoms with E-state index in [-0.39, 0.29) is 17.3 Å². The van der Waals surface area contributed by atoms with E-state index in [0.717, 1.165) is 4.47 Å². The Morgan fingerprint density at radius 1 is 1.08 bits per heavy atom. The maximum atomic E-state index is 13.7. The van der Waals surface area contributed by atoms with Gasteiger partial charge in [0, 0.05) is 28.8 Å². The monoisotopic (exact) mass is 392 g/mol. The Morgan fingerprint density at radius 2 is 1.79 bits per heavy atom. The first kappa shape index (κ1) is 18.1. The van der Waals surface area contributed by atoms with Gasteiger partial charge in [-0.05, 0) is 49.7 Å². The number of anilines is 1. The van der Waals surface area contributed by atoms with Crippen LogP contribution < -0.4 is 10.6 Å². The number of ketones is 1. The van der Waals surface area contributed by atoms with Crippen molar-refractivity contribution in [1.29, 1.82) is 0 Å². The molecular formula is C18H18BrFN2O2. The zero-order valence-electron chi connectivity index (χ0n) is 13.2. The highest BCUT2D eigenvalue weighted by molar-refractivity contribution is 9.10. The summed E-state index contributed by atoms with van der Waals surface area (Å²) in [5, 5.41) is 5.86. The predicted octanol–water partition coefficient (Wildman–Crippen LogP) is 4.02. The second-order valence-corrected chi connectivity index (χ2v) is 6.18. The molecule has 2 rings (SSSR count). The fourth-order valence-electron chi connectivity index (χ4n) is 2.25. The number of hydrogen-bond donors (Lipinski definition) is 2. The molecule has 0 bridgehead atoms. The third-order valence-corrected chi connectivity index (χ3v) is 3.96. The molecule has 0 aromatic heterocycles. The zero-order chi connectivity index (χ0) is 17.5. The Bertz CT molecular complexity index is 732. The summed E-state index contributed by atoms with van der Waals surface area (Å²) in [7, 11) is 0. The van der Waals surface area contributed by atoms with E-state index in [4.69, 9.17) is 0 Å². The molecule has 0 saturated carbocycles. The number of nitrogens with one attached hydrogen (secondary N) is 2. The molecule has 0 aliphatic heterocycles. The van der Waals surface area contributed by atoms with Crippen LogP contribution in [-0.4, -0.2) is 24.8 Å². The molecule has 0 aliphatic rings. The molecular weight excluding hydrogens is 375 g/mol. The third kappa shape index (κ3) is 4.89. The molecule has 0 fully saturated rings. The summed E-state index contributed by atoms with van der Waals surface area (Å²) in [5.74, 6) is -0.993. The van der Waals surface area contributed by atoms with E-state index >= 15 is 0 Å². The normalized spacial score (nSPS) is 10.3. The van der Waals surface area contributed by atoms with E-state index in [9.17, 15) is 14.0 Å². The Balaban J connectivity index is 1.80. The average molecular weight is 393 g/mol. The summed E-state index contributed by atoms with van der Waals surface area (Å²) in [6.07, 6.45) is 0.649. The highest BCUT2D eigenvalue weighted by atomic mass is 79.9. The lowest BCUT2D eigenvalue weighted by Crippen LogP contribution is -2.25. The zero-order valence-corrected chi connectivity index (χ0v) is 14.8. The molecule has 0 radical (unpaired) electrons. The largest absolute Gasteiger partial charge is 0.384 e. The van der Waals surface area contributed by atoms with Gasteiger partial charge in [0.05, 0.1) is 5.56 Å². The number of carbonyl (C=O) groups is 2. The van der Waals surface area contributed by atoms with Crippen molar-refractivity contribution in [3.05, 3.63) is 63.9 Å². The van der Waals surface area contributed by atoms with Gasteiger partial charge < -0.3 is 10.6 Å². The SMILES string of the molecule is CC(=O)c1c(F)cccc1NCCCNC(=O)c1ccc(Br)cc1. The maximum Gasteiger partial charge on any atom is 0.251 e. The fraction of sp³-hybridized carbons (Fsp3) is 0.222. The molecule has 4 nitrogen and oxygen atoms in total. The van der Waals surface area contributed by atoms with Crippen molar-refractivity contribution in [3.8, 4) is 0 Å². The van der Waals surface area contributed by atoms with Gasteiger partial charge in [-0.2, -0.15) is 0 Å².